The largest absolute Gasteiger partial charge is 0.361 e. The van der Waals surface area contributed by atoms with Crippen molar-refractivity contribution in [3.63, 3.8) is 0 Å². The molecule has 72 valence electrons. The van der Waals surface area contributed by atoms with Gasteiger partial charge in [0.05, 0.1) is 17.0 Å². The topological polar surface area (TPSA) is 38.9 Å². The van der Waals surface area contributed by atoms with E-state index in [-0.39, 0.29) is 0 Å². The molecular formula is C10H9BrN2O. The quantitative estimate of drug-likeness (QED) is 0.783. The first-order valence-electron chi connectivity index (χ1n) is 4.23. The molecule has 0 N–H and O–H groups in total. The lowest BCUT2D eigenvalue weighted by Gasteiger charge is -1.98. The van der Waals surface area contributed by atoms with Gasteiger partial charge < -0.3 is 4.52 Å². The van der Waals surface area contributed by atoms with Crippen molar-refractivity contribution in [2.75, 3.05) is 0 Å². The van der Waals surface area contributed by atoms with Gasteiger partial charge in [0.1, 0.15) is 5.76 Å². The predicted molar refractivity (Wildman–Crippen MR) is 56.9 cm³/mol. The summed E-state index contributed by atoms with van der Waals surface area (Å²) in [6.07, 6.45) is 1.76. The highest BCUT2D eigenvalue weighted by molar-refractivity contribution is 9.10. The molecule has 2 heterocycles. The Bertz CT molecular complexity index is 445. The summed E-state index contributed by atoms with van der Waals surface area (Å²) in [5, 5.41) is 3.89. The highest BCUT2D eigenvalue weighted by Crippen LogP contribution is 2.26. The Labute approximate surface area is 90.3 Å². The molecule has 0 unspecified atom stereocenters. The Morgan fingerprint density at radius 3 is 2.71 bits per heavy atom. The van der Waals surface area contributed by atoms with Crippen molar-refractivity contribution < 1.29 is 4.52 Å². The van der Waals surface area contributed by atoms with Gasteiger partial charge in [-0.15, -0.1) is 0 Å². The van der Waals surface area contributed by atoms with E-state index in [1.807, 2.05) is 26.0 Å². The second-order valence-corrected chi connectivity index (χ2v) is 3.97. The van der Waals surface area contributed by atoms with Gasteiger partial charge >= 0.3 is 0 Å². The van der Waals surface area contributed by atoms with Crippen LogP contribution in [0.15, 0.2) is 27.3 Å². The number of aryl methyl sites for hydroxylation is 2. The Balaban J connectivity index is 2.59. The minimum Gasteiger partial charge on any atom is -0.361 e. The van der Waals surface area contributed by atoms with E-state index >= 15 is 0 Å². The van der Waals surface area contributed by atoms with Crippen molar-refractivity contribution in [2.24, 2.45) is 0 Å². The van der Waals surface area contributed by atoms with Crippen molar-refractivity contribution >= 4 is 15.9 Å². The van der Waals surface area contributed by atoms with Crippen molar-refractivity contribution in [1.82, 2.24) is 10.1 Å². The summed E-state index contributed by atoms with van der Waals surface area (Å²) in [6.45, 7) is 3.80. The third-order valence-corrected chi connectivity index (χ3v) is 2.50. The molecule has 0 fully saturated rings. The molecular weight excluding hydrogens is 244 g/mol. The molecule has 0 bridgehead atoms. The summed E-state index contributed by atoms with van der Waals surface area (Å²) >= 11 is 3.41. The van der Waals surface area contributed by atoms with Gasteiger partial charge in [0, 0.05) is 10.7 Å². The van der Waals surface area contributed by atoms with Gasteiger partial charge in [-0.3, -0.25) is 4.98 Å². The van der Waals surface area contributed by atoms with Crippen molar-refractivity contribution in [3.05, 3.63) is 34.3 Å². The van der Waals surface area contributed by atoms with E-state index < -0.39 is 0 Å². The average Bonchev–Trinajstić information content (AvgIpc) is 2.46. The second-order valence-electron chi connectivity index (χ2n) is 3.06. The molecule has 0 amide bonds. The van der Waals surface area contributed by atoms with Gasteiger partial charge in [-0.25, -0.2) is 0 Å². The number of halogens is 1. The van der Waals surface area contributed by atoms with Gasteiger partial charge in [0.2, 0.25) is 0 Å². The van der Waals surface area contributed by atoms with Crippen LogP contribution >= 0.6 is 15.9 Å². The fourth-order valence-corrected chi connectivity index (χ4v) is 1.73. The van der Waals surface area contributed by atoms with Gasteiger partial charge in [0.15, 0.2) is 0 Å². The standard InChI is InChI=1S/C10H9BrN2O/c1-6-10(7(2)14-13-6)9-5-8(11)3-4-12-9/h3-5H,1-2H3. The van der Waals surface area contributed by atoms with Crippen molar-refractivity contribution in [2.45, 2.75) is 13.8 Å². The summed E-state index contributed by atoms with van der Waals surface area (Å²) in [7, 11) is 0. The molecule has 0 aliphatic rings. The van der Waals surface area contributed by atoms with E-state index in [0.717, 1.165) is 27.2 Å². The van der Waals surface area contributed by atoms with Crippen LogP contribution in [0.1, 0.15) is 11.5 Å². The van der Waals surface area contributed by atoms with Crippen LogP contribution in [-0.4, -0.2) is 10.1 Å². The average molecular weight is 253 g/mol. The van der Waals surface area contributed by atoms with Crippen LogP contribution in [0, 0.1) is 13.8 Å². The first-order chi connectivity index (χ1) is 6.68. The second kappa shape index (κ2) is 3.53. The number of nitrogens with zero attached hydrogens (tertiary/aromatic N) is 2. The number of hydrogen-bond acceptors (Lipinski definition) is 3. The van der Waals surface area contributed by atoms with E-state index in [9.17, 15) is 0 Å². The normalized spacial score (nSPS) is 10.5. The van der Waals surface area contributed by atoms with E-state index in [1.165, 1.54) is 0 Å². The van der Waals surface area contributed by atoms with Gasteiger partial charge in [-0.1, -0.05) is 21.1 Å². The minimum atomic E-state index is 0.799. The zero-order valence-electron chi connectivity index (χ0n) is 7.91. The minimum absolute atomic E-state index is 0.799. The first kappa shape index (κ1) is 9.40. The van der Waals surface area contributed by atoms with E-state index in [1.54, 1.807) is 6.20 Å². The molecule has 0 saturated carbocycles. The van der Waals surface area contributed by atoms with Crippen molar-refractivity contribution in [3.8, 4) is 11.3 Å². The summed E-state index contributed by atoms with van der Waals surface area (Å²) in [5.41, 5.74) is 2.73. The lowest BCUT2D eigenvalue weighted by atomic mass is 10.1. The molecule has 3 nitrogen and oxygen atoms in total. The number of hydrogen-bond donors (Lipinski definition) is 0. The molecule has 0 aromatic carbocycles. The fourth-order valence-electron chi connectivity index (χ4n) is 1.39. The SMILES string of the molecule is Cc1noc(C)c1-c1cc(Br)ccn1. The molecule has 14 heavy (non-hydrogen) atoms. The summed E-state index contributed by atoms with van der Waals surface area (Å²) in [4.78, 5) is 4.27. The highest BCUT2D eigenvalue weighted by atomic mass is 79.9. The maximum absolute atomic E-state index is 5.08. The highest BCUT2D eigenvalue weighted by Gasteiger charge is 2.12. The van der Waals surface area contributed by atoms with Crippen molar-refractivity contribution in [1.29, 1.82) is 0 Å². The molecule has 2 aromatic rings. The molecule has 2 aromatic heterocycles. The molecule has 0 radical (unpaired) electrons. The van der Waals surface area contributed by atoms with Crippen LogP contribution in [0.3, 0.4) is 0 Å². The van der Waals surface area contributed by atoms with Gasteiger partial charge in [-0.2, -0.15) is 0 Å². The first-order valence-corrected chi connectivity index (χ1v) is 5.02. The van der Waals surface area contributed by atoms with Crippen LogP contribution in [-0.2, 0) is 0 Å². The maximum atomic E-state index is 5.08. The summed E-state index contributed by atoms with van der Waals surface area (Å²) in [5.74, 6) is 0.799. The monoisotopic (exact) mass is 252 g/mol. The Kier molecular flexibility index (Phi) is 2.37. The maximum Gasteiger partial charge on any atom is 0.143 e. The molecule has 0 atom stereocenters. The fraction of sp³-hybridized carbons (Fsp3) is 0.200. The molecule has 4 heteroatoms. The van der Waals surface area contributed by atoms with Crippen LogP contribution in [0.5, 0.6) is 0 Å². The Morgan fingerprint density at radius 2 is 2.14 bits per heavy atom. The molecule has 0 aliphatic heterocycles. The van der Waals surface area contributed by atoms with Gasteiger partial charge in [-0.05, 0) is 26.0 Å². The zero-order chi connectivity index (χ0) is 10.1. The zero-order valence-corrected chi connectivity index (χ0v) is 9.50. The van der Waals surface area contributed by atoms with E-state index in [4.69, 9.17) is 4.52 Å². The smallest absolute Gasteiger partial charge is 0.143 e. The van der Waals surface area contributed by atoms with Crippen LogP contribution < -0.4 is 0 Å². The van der Waals surface area contributed by atoms with Crippen LogP contribution in [0.25, 0.3) is 11.3 Å². The molecule has 0 aliphatic carbocycles. The molecule has 0 saturated heterocycles. The summed E-state index contributed by atoms with van der Waals surface area (Å²) < 4.78 is 6.09. The molecule has 2 rings (SSSR count). The lowest BCUT2D eigenvalue weighted by Crippen LogP contribution is -1.85. The Morgan fingerprint density at radius 1 is 1.36 bits per heavy atom. The lowest BCUT2D eigenvalue weighted by molar-refractivity contribution is 0.393. The number of pyridine rings is 1. The predicted octanol–water partition coefficient (Wildman–Crippen LogP) is 3.12. The van der Waals surface area contributed by atoms with E-state index in [0.29, 0.717) is 0 Å². The number of aromatic nitrogens is 2. The molecule has 0 spiro atoms. The third kappa shape index (κ3) is 1.57. The van der Waals surface area contributed by atoms with E-state index in [2.05, 4.69) is 26.1 Å². The summed E-state index contributed by atoms with van der Waals surface area (Å²) in [6, 6.07) is 3.84. The van der Waals surface area contributed by atoms with Crippen LogP contribution in [0.2, 0.25) is 0 Å². The third-order valence-electron chi connectivity index (χ3n) is 2.01. The Hall–Kier alpha value is -1.16. The number of rotatable bonds is 1. The van der Waals surface area contributed by atoms with Crippen LogP contribution in [0.4, 0.5) is 0 Å². The van der Waals surface area contributed by atoms with Gasteiger partial charge in [0.25, 0.3) is 0 Å².